The lowest BCUT2D eigenvalue weighted by atomic mass is 10.1. The highest BCUT2D eigenvalue weighted by Crippen LogP contribution is 2.23. The van der Waals surface area contributed by atoms with Gasteiger partial charge in [-0.25, -0.2) is 4.98 Å². The predicted octanol–water partition coefficient (Wildman–Crippen LogP) is 2.15. The Morgan fingerprint density at radius 1 is 1.37 bits per heavy atom. The van der Waals surface area contributed by atoms with Crippen molar-refractivity contribution in [3.05, 3.63) is 49.8 Å². The van der Waals surface area contributed by atoms with E-state index in [4.69, 9.17) is 0 Å². The molecule has 0 atom stereocenters. The maximum atomic E-state index is 12.1. The molecule has 3 rings (SSSR count). The SMILES string of the molecule is Cc1cc(Br)ccc1-c1nc2c(c(=O)[nH]1)CCNC2. The molecule has 0 saturated carbocycles. The average molecular weight is 320 g/mol. The molecule has 0 bridgehead atoms. The van der Waals surface area contributed by atoms with E-state index in [1.807, 2.05) is 25.1 Å². The van der Waals surface area contributed by atoms with Crippen LogP contribution in [0, 0.1) is 6.92 Å². The van der Waals surface area contributed by atoms with Crippen molar-refractivity contribution < 1.29 is 0 Å². The van der Waals surface area contributed by atoms with Gasteiger partial charge in [0.2, 0.25) is 0 Å². The van der Waals surface area contributed by atoms with Crippen LogP contribution in [-0.4, -0.2) is 16.5 Å². The van der Waals surface area contributed by atoms with Gasteiger partial charge in [-0.05, 0) is 43.7 Å². The number of aryl methyl sites for hydroxylation is 1. The van der Waals surface area contributed by atoms with Crippen LogP contribution < -0.4 is 10.9 Å². The van der Waals surface area contributed by atoms with Crippen LogP contribution in [0.3, 0.4) is 0 Å². The van der Waals surface area contributed by atoms with Crippen molar-refractivity contribution in [2.24, 2.45) is 0 Å². The molecule has 0 amide bonds. The molecule has 2 heterocycles. The smallest absolute Gasteiger partial charge is 0.254 e. The number of hydrogen-bond donors (Lipinski definition) is 2. The first-order valence-electron chi connectivity index (χ1n) is 6.24. The fourth-order valence-corrected chi connectivity index (χ4v) is 2.86. The van der Waals surface area contributed by atoms with Crippen LogP contribution in [0.4, 0.5) is 0 Å². The van der Waals surface area contributed by atoms with E-state index in [0.29, 0.717) is 12.4 Å². The highest BCUT2D eigenvalue weighted by atomic mass is 79.9. The lowest BCUT2D eigenvalue weighted by Crippen LogP contribution is -2.31. The van der Waals surface area contributed by atoms with E-state index < -0.39 is 0 Å². The molecule has 0 radical (unpaired) electrons. The molecular weight excluding hydrogens is 306 g/mol. The van der Waals surface area contributed by atoms with Gasteiger partial charge in [0.15, 0.2) is 0 Å². The number of rotatable bonds is 1. The Bertz CT molecular complexity index is 694. The largest absolute Gasteiger partial charge is 0.311 e. The van der Waals surface area contributed by atoms with E-state index in [0.717, 1.165) is 39.8 Å². The molecule has 2 N–H and O–H groups in total. The van der Waals surface area contributed by atoms with Gasteiger partial charge < -0.3 is 10.3 Å². The molecule has 1 aliphatic rings. The number of hydrogen-bond acceptors (Lipinski definition) is 3. The zero-order chi connectivity index (χ0) is 13.4. The van der Waals surface area contributed by atoms with Gasteiger partial charge >= 0.3 is 0 Å². The molecule has 0 saturated heterocycles. The van der Waals surface area contributed by atoms with Gasteiger partial charge in [0, 0.05) is 22.1 Å². The molecule has 1 aromatic heterocycles. The molecule has 0 aliphatic carbocycles. The maximum Gasteiger partial charge on any atom is 0.254 e. The first-order valence-corrected chi connectivity index (χ1v) is 7.04. The molecule has 19 heavy (non-hydrogen) atoms. The summed E-state index contributed by atoms with van der Waals surface area (Å²) < 4.78 is 1.02. The average Bonchev–Trinajstić information content (AvgIpc) is 2.38. The van der Waals surface area contributed by atoms with Crippen LogP contribution in [0.25, 0.3) is 11.4 Å². The minimum Gasteiger partial charge on any atom is -0.311 e. The minimum atomic E-state index is -0.0104. The van der Waals surface area contributed by atoms with E-state index in [1.54, 1.807) is 0 Å². The van der Waals surface area contributed by atoms with Crippen molar-refractivity contribution >= 4 is 15.9 Å². The highest BCUT2D eigenvalue weighted by Gasteiger charge is 2.16. The summed E-state index contributed by atoms with van der Waals surface area (Å²) in [5.41, 5.74) is 3.73. The molecule has 5 heteroatoms. The van der Waals surface area contributed by atoms with Crippen molar-refractivity contribution in [3.8, 4) is 11.4 Å². The Labute approximate surface area is 119 Å². The third-order valence-corrected chi connectivity index (χ3v) is 3.88. The van der Waals surface area contributed by atoms with Crippen molar-refractivity contribution in [1.29, 1.82) is 0 Å². The minimum absolute atomic E-state index is 0.0104. The third-order valence-electron chi connectivity index (χ3n) is 3.39. The van der Waals surface area contributed by atoms with Crippen LogP contribution in [0.5, 0.6) is 0 Å². The zero-order valence-electron chi connectivity index (χ0n) is 10.6. The van der Waals surface area contributed by atoms with Crippen molar-refractivity contribution in [1.82, 2.24) is 15.3 Å². The quantitative estimate of drug-likeness (QED) is 0.846. The molecular formula is C14H14BrN3O. The first kappa shape index (κ1) is 12.6. The number of H-pyrrole nitrogens is 1. The highest BCUT2D eigenvalue weighted by molar-refractivity contribution is 9.10. The molecule has 0 spiro atoms. The summed E-state index contributed by atoms with van der Waals surface area (Å²) in [4.78, 5) is 19.6. The third kappa shape index (κ3) is 2.35. The predicted molar refractivity (Wildman–Crippen MR) is 78.1 cm³/mol. The molecule has 98 valence electrons. The molecule has 1 aliphatic heterocycles. The van der Waals surface area contributed by atoms with Gasteiger partial charge in [0.25, 0.3) is 5.56 Å². The van der Waals surface area contributed by atoms with Gasteiger partial charge in [-0.3, -0.25) is 4.79 Å². The fourth-order valence-electron chi connectivity index (χ4n) is 2.39. The van der Waals surface area contributed by atoms with Crippen molar-refractivity contribution in [3.63, 3.8) is 0 Å². The van der Waals surface area contributed by atoms with Crippen molar-refractivity contribution in [2.45, 2.75) is 19.9 Å². The summed E-state index contributed by atoms with van der Waals surface area (Å²) in [7, 11) is 0. The van der Waals surface area contributed by atoms with E-state index >= 15 is 0 Å². The van der Waals surface area contributed by atoms with Gasteiger partial charge in [0.1, 0.15) is 5.82 Å². The topological polar surface area (TPSA) is 57.8 Å². The summed E-state index contributed by atoms with van der Waals surface area (Å²) in [6, 6.07) is 5.95. The van der Waals surface area contributed by atoms with Crippen LogP contribution in [0.15, 0.2) is 27.5 Å². The van der Waals surface area contributed by atoms with Crippen LogP contribution >= 0.6 is 15.9 Å². The number of benzene rings is 1. The Morgan fingerprint density at radius 3 is 3.00 bits per heavy atom. The normalized spacial score (nSPS) is 14.2. The summed E-state index contributed by atoms with van der Waals surface area (Å²) in [6.07, 6.45) is 0.747. The monoisotopic (exact) mass is 319 g/mol. The number of fused-ring (bicyclic) bond motifs is 1. The molecule has 4 nitrogen and oxygen atoms in total. The Balaban J connectivity index is 2.15. The van der Waals surface area contributed by atoms with E-state index in [2.05, 4.69) is 31.2 Å². The lowest BCUT2D eigenvalue weighted by Gasteiger charge is -2.16. The van der Waals surface area contributed by atoms with Gasteiger partial charge in [-0.15, -0.1) is 0 Å². The fraction of sp³-hybridized carbons (Fsp3) is 0.286. The van der Waals surface area contributed by atoms with Crippen LogP contribution in [0.1, 0.15) is 16.8 Å². The van der Waals surface area contributed by atoms with E-state index in [1.165, 1.54) is 0 Å². The zero-order valence-corrected chi connectivity index (χ0v) is 12.2. The summed E-state index contributed by atoms with van der Waals surface area (Å²) in [5, 5.41) is 3.25. The Kier molecular flexibility index (Phi) is 3.24. The van der Waals surface area contributed by atoms with Gasteiger partial charge in [-0.2, -0.15) is 0 Å². The van der Waals surface area contributed by atoms with E-state index in [-0.39, 0.29) is 5.56 Å². The number of aromatic amines is 1. The molecule has 0 fully saturated rings. The Hall–Kier alpha value is -1.46. The van der Waals surface area contributed by atoms with Gasteiger partial charge in [-0.1, -0.05) is 15.9 Å². The van der Waals surface area contributed by atoms with Crippen molar-refractivity contribution in [2.75, 3.05) is 6.54 Å². The standard InChI is InChI=1S/C14H14BrN3O/c1-8-6-9(15)2-3-10(8)13-17-12-7-16-5-4-11(12)14(19)18-13/h2-3,6,16H,4-5,7H2,1H3,(H,17,18,19). The molecule has 1 aromatic carbocycles. The molecule has 0 unspecified atom stereocenters. The number of aromatic nitrogens is 2. The number of nitrogens with zero attached hydrogens (tertiary/aromatic N) is 1. The second kappa shape index (κ2) is 4.90. The number of halogens is 1. The van der Waals surface area contributed by atoms with Crippen LogP contribution in [0.2, 0.25) is 0 Å². The summed E-state index contributed by atoms with van der Waals surface area (Å²) >= 11 is 3.44. The maximum absolute atomic E-state index is 12.1. The second-order valence-corrected chi connectivity index (χ2v) is 5.64. The first-order chi connectivity index (χ1) is 9.15. The second-order valence-electron chi connectivity index (χ2n) is 4.73. The summed E-state index contributed by atoms with van der Waals surface area (Å²) in [6.45, 7) is 3.52. The Morgan fingerprint density at radius 2 is 2.21 bits per heavy atom. The number of nitrogens with one attached hydrogen (secondary N) is 2. The lowest BCUT2D eigenvalue weighted by molar-refractivity contribution is 0.619. The summed E-state index contributed by atoms with van der Waals surface area (Å²) in [5.74, 6) is 0.650. The van der Waals surface area contributed by atoms with Gasteiger partial charge in [0.05, 0.1) is 5.69 Å². The van der Waals surface area contributed by atoms with E-state index in [9.17, 15) is 4.79 Å². The van der Waals surface area contributed by atoms with Crippen LogP contribution in [-0.2, 0) is 13.0 Å². The molecule has 2 aromatic rings.